The molecule has 0 radical (unpaired) electrons. The van der Waals surface area contributed by atoms with Crippen LogP contribution in [-0.4, -0.2) is 6.23 Å². The first-order chi connectivity index (χ1) is 15.3. The first kappa shape index (κ1) is 18.2. The van der Waals surface area contributed by atoms with Gasteiger partial charge in [0.2, 0.25) is 0 Å². The van der Waals surface area contributed by atoms with Crippen molar-refractivity contribution >= 4 is 5.69 Å². The minimum atomic E-state index is -0.732. The number of nitrogens with zero attached hydrogens (tertiary/aromatic N) is 1. The lowest BCUT2D eigenvalue weighted by atomic mass is 9.77. The molecule has 4 aromatic rings. The van der Waals surface area contributed by atoms with Crippen molar-refractivity contribution in [3.05, 3.63) is 131 Å². The quantitative estimate of drug-likeness (QED) is 0.393. The third-order valence-electron chi connectivity index (χ3n) is 6.34. The zero-order chi connectivity index (χ0) is 20.8. The van der Waals surface area contributed by atoms with Crippen LogP contribution in [0.15, 0.2) is 109 Å². The number of hydrogen-bond donors (Lipinski definition) is 0. The summed E-state index contributed by atoms with van der Waals surface area (Å²) in [5, 5.41) is 0. The van der Waals surface area contributed by atoms with Crippen molar-refractivity contribution in [1.82, 2.24) is 0 Å². The number of benzene rings is 4. The summed E-state index contributed by atoms with van der Waals surface area (Å²) in [7, 11) is 0. The second-order valence-corrected chi connectivity index (χ2v) is 8.06. The summed E-state index contributed by atoms with van der Waals surface area (Å²) < 4.78 is 13.5. The van der Waals surface area contributed by atoms with Crippen LogP contribution in [0.2, 0.25) is 0 Å². The van der Waals surface area contributed by atoms with Crippen LogP contribution in [0.25, 0.3) is 0 Å². The molecule has 31 heavy (non-hydrogen) atoms. The standard InChI is InChI=1S/C28H23NO2/c1-20-29-25-18-10-9-17-24(25)28(21-12-4-2-5-13-21,22-14-6-3-7-15-22)31-27(29)23-16-8-11-19-26(23)30-20/h2-20,27H,1H3/t20-,27-/m0/s1. The molecule has 2 atom stereocenters. The number of hydrogen-bond acceptors (Lipinski definition) is 3. The maximum atomic E-state index is 7.22. The van der Waals surface area contributed by atoms with E-state index in [1.165, 1.54) is 0 Å². The van der Waals surface area contributed by atoms with E-state index in [9.17, 15) is 0 Å². The van der Waals surface area contributed by atoms with Gasteiger partial charge in [-0.15, -0.1) is 0 Å². The zero-order valence-electron chi connectivity index (χ0n) is 17.3. The molecule has 3 nitrogen and oxygen atoms in total. The minimum Gasteiger partial charge on any atom is -0.470 e. The molecule has 0 aliphatic carbocycles. The molecule has 0 fully saturated rings. The Morgan fingerprint density at radius 1 is 0.677 bits per heavy atom. The molecule has 0 N–H and O–H groups in total. The summed E-state index contributed by atoms with van der Waals surface area (Å²) in [4.78, 5) is 2.25. The smallest absolute Gasteiger partial charge is 0.171 e. The third-order valence-corrected chi connectivity index (χ3v) is 6.34. The van der Waals surface area contributed by atoms with Gasteiger partial charge in [0.05, 0.1) is 0 Å². The zero-order valence-corrected chi connectivity index (χ0v) is 17.3. The van der Waals surface area contributed by atoms with Crippen molar-refractivity contribution in [3.8, 4) is 5.75 Å². The summed E-state index contributed by atoms with van der Waals surface area (Å²) in [6.45, 7) is 2.08. The van der Waals surface area contributed by atoms with Gasteiger partial charge < -0.3 is 14.4 Å². The fourth-order valence-corrected chi connectivity index (χ4v) is 5.00. The summed E-state index contributed by atoms with van der Waals surface area (Å²) >= 11 is 0. The van der Waals surface area contributed by atoms with Crippen molar-refractivity contribution in [2.45, 2.75) is 25.0 Å². The van der Waals surface area contributed by atoms with E-state index < -0.39 is 5.60 Å². The van der Waals surface area contributed by atoms with Crippen LogP contribution < -0.4 is 9.64 Å². The minimum absolute atomic E-state index is 0.148. The van der Waals surface area contributed by atoms with E-state index in [1.54, 1.807) is 0 Å². The number of rotatable bonds is 2. The largest absolute Gasteiger partial charge is 0.470 e. The Kier molecular flexibility index (Phi) is 4.12. The van der Waals surface area contributed by atoms with Crippen molar-refractivity contribution < 1.29 is 9.47 Å². The van der Waals surface area contributed by atoms with Crippen LogP contribution in [0.5, 0.6) is 5.75 Å². The SMILES string of the molecule is C[C@@H]1Oc2ccccc2[C@@H]2OC(c3ccccc3)(c3ccccc3)c3ccccc3N12. The lowest BCUT2D eigenvalue weighted by Gasteiger charge is -2.52. The van der Waals surface area contributed by atoms with Gasteiger partial charge >= 0.3 is 0 Å². The second-order valence-electron chi connectivity index (χ2n) is 8.06. The van der Waals surface area contributed by atoms with E-state index in [0.717, 1.165) is 33.7 Å². The van der Waals surface area contributed by atoms with Gasteiger partial charge in [-0.2, -0.15) is 0 Å². The molecule has 0 saturated carbocycles. The van der Waals surface area contributed by atoms with Gasteiger partial charge in [-0.25, -0.2) is 0 Å². The lowest BCUT2D eigenvalue weighted by Crippen LogP contribution is -2.53. The monoisotopic (exact) mass is 405 g/mol. The molecule has 0 amide bonds. The fraction of sp³-hybridized carbons (Fsp3) is 0.143. The van der Waals surface area contributed by atoms with E-state index in [1.807, 2.05) is 18.2 Å². The lowest BCUT2D eigenvalue weighted by molar-refractivity contribution is -0.0829. The molecule has 0 unspecified atom stereocenters. The molecule has 152 valence electrons. The number of fused-ring (bicyclic) bond motifs is 5. The molecular weight excluding hydrogens is 382 g/mol. The highest BCUT2D eigenvalue weighted by atomic mass is 16.6. The van der Waals surface area contributed by atoms with Crippen LogP contribution >= 0.6 is 0 Å². The molecule has 0 aromatic heterocycles. The summed E-state index contributed by atoms with van der Waals surface area (Å²) in [6, 6.07) is 37.8. The van der Waals surface area contributed by atoms with Crippen molar-refractivity contribution in [3.63, 3.8) is 0 Å². The van der Waals surface area contributed by atoms with Crippen LogP contribution in [-0.2, 0) is 10.3 Å². The molecule has 4 aromatic carbocycles. The molecule has 0 bridgehead atoms. The Labute approximate surface area is 182 Å². The van der Waals surface area contributed by atoms with Crippen LogP contribution in [0.1, 0.15) is 35.4 Å². The fourth-order valence-electron chi connectivity index (χ4n) is 5.00. The van der Waals surface area contributed by atoms with Crippen LogP contribution in [0.4, 0.5) is 5.69 Å². The first-order valence-corrected chi connectivity index (χ1v) is 10.7. The molecule has 2 aliphatic heterocycles. The van der Waals surface area contributed by atoms with Crippen molar-refractivity contribution in [1.29, 1.82) is 0 Å². The highest BCUT2D eigenvalue weighted by Crippen LogP contribution is 2.55. The van der Waals surface area contributed by atoms with Gasteiger partial charge in [-0.1, -0.05) is 97.1 Å². The Morgan fingerprint density at radius 3 is 1.97 bits per heavy atom. The number of para-hydroxylation sites is 2. The maximum absolute atomic E-state index is 7.22. The normalized spacial score (nSPS) is 20.7. The molecule has 6 rings (SSSR count). The molecule has 0 saturated heterocycles. The molecule has 2 heterocycles. The van der Waals surface area contributed by atoms with E-state index in [2.05, 4.69) is 103 Å². The molecular formula is C28H23NO2. The van der Waals surface area contributed by atoms with Gasteiger partial charge in [0.1, 0.15) is 11.4 Å². The molecule has 3 heteroatoms. The van der Waals surface area contributed by atoms with Crippen molar-refractivity contribution in [2.24, 2.45) is 0 Å². The Morgan fingerprint density at radius 2 is 1.26 bits per heavy atom. The Bertz CT molecular complexity index is 1180. The highest BCUT2D eigenvalue weighted by Gasteiger charge is 2.50. The van der Waals surface area contributed by atoms with Gasteiger partial charge in [0.15, 0.2) is 12.5 Å². The van der Waals surface area contributed by atoms with E-state index in [4.69, 9.17) is 9.47 Å². The number of anilines is 1. The van der Waals surface area contributed by atoms with Gasteiger partial charge in [0, 0.05) is 16.8 Å². The Balaban J connectivity index is 1.69. The van der Waals surface area contributed by atoms with Gasteiger partial charge in [-0.05, 0) is 30.2 Å². The van der Waals surface area contributed by atoms with E-state index in [-0.39, 0.29) is 12.5 Å². The van der Waals surface area contributed by atoms with E-state index >= 15 is 0 Å². The van der Waals surface area contributed by atoms with Crippen LogP contribution in [0, 0.1) is 0 Å². The maximum Gasteiger partial charge on any atom is 0.171 e. The highest BCUT2D eigenvalue weighted by molar-refractivity contribution is 5.66. The predicted molar refractivity (Wildman–Crippen MR) is 122 cm³/mol. The average molecular weight is 405 g/mol. The van der Waals surface area contributed by atoms with Gasteiger partial charge in [-0.3, -0.25) is 0 Å². The average Bonchev–Trinajstić information content (AvgIpc) is 2.84. The summed E-state index contributed by atoms with van der Waals surface area (Å²) in [6.07, 6.45) is -0.416. The predicted octanol–water partition coefficient (Wildman–Crippen LogP) is 6.25. The first-order valence-electron chi connectivity index (χ1n) is 10.7. The van der Waals surface area contributed by atoms with Crippen molar-refractivity contribution in [2.75, 3.05) is 4.90 Å². The topological polar surface area (TPSA) is 21.7 Å². The Hall–Kier alpha value is -3.56. The van der Waals surface area contributed by atoms with Gasteiger partial charge in [0.25, 0.3) is 0 Å². The number of ether oxygens (including phenoxy) is 2. The van der Waals surface area contributed by atoms with E-state index in [0.29, 0.717) is 0 Å². The second kappa shape index (κ2) is 7.00. The van der Waals surface area contributed by atoms with Crippen LogP contribution in [0.3, 0.4) is 0 Å². The molecule has 2 aliphatic rings. The molecule has 0 spiro atoms. The summed E-state index contributed by atoms with van der Waals surface area (Å²) in [5.74, 6) is 0.880. The third kappa shape index (κ3) is 2.63. The summed E-state index contributed by atoms with van der Waals surface area (Å²) in [5.41, 5.74) is 4.80.